The molecule has 0 heterocycles. The van der Waals surface area contributed by atoms with E-state index in [9.17, 15) is 5.11 Å². The van der Waals surface area contributed by atoms with Crippen LogP contribution in [0.15, 0.2) is 97.1 Å². The van der Waals surface area contributed by atoms with Crippen molar-refractivity contribution in [2.75, 3.05) is 0 Å². The van der Waals surface area contributed by atoms with Crippen LogP contribution in [0.5, 0.6) is 0 Å². The summed E-state index contributed by atoms with van der Waals surface area (Å²) in [6, 6.07) is 29.5. The highest BCUT2D eigenvalue weighted by Crippen LogP contribution is 2.31. The molecule has 0 aliphatic rings. The lowest BCUT2D eigenvalue weighted by molar-refractivity contribution is 0.135. The van der Waals surface area contributed by atoms with E-state index in [0.29, 0.717) is 0 Å². The predicted molar refractivity (Wildman–Crippen MR) is 91.4 cm³/mol. The minimum Gasteiger partial charge on any atom is -0.377 e. The monoisotopic (exact) mass is 286 g/mol. The first-order valence-electron chi connectivity index (χ1n) is 7.37. The fourth-order valence-corrected chi connectivity index (χ4v) is 2.52. The van der Waals surface area contributed by atoms with Gasteiger partial charge in [0.1, 0.15) is 5.60 Å². The van der Waals surface area contributed by atoms with Gasteiger partial charge in [-0.15, -0.1) is 0 Å². The maximum absolute atomic E-state index is 11.3. The van der Waals surface area contributed by atoms with Crippen LogP contribution in [0, 0.1) is 0 Å². The Morgan fingerprint density at radius 2 is 1.00 bits per heavy atom. The first kappa shape index (κ1) is 14.3. The van der Waals surface area contributed by atoms with E-state index in [1.807, 2.05) is 103 Å². The number of benzene rings is 3. The Hall–Kier alpha value is -2.64. The number of hydrogen-bond donors (Lipinski definition) is 1. The standard InChI is InChI=1S/C21H18O/c22-21(19-12-6-2-7-13-19,20-14-8-3-9-15-20)17-16-18-10-4-1-5-11-18/h1-17,22H. The molecule has 0 saturated carbocycles. The molecular weight excluding hydrogens is 268 g/mol. The molecule has 3 aromatic rings. The third kappa shape index (κ3) is 3.00. The van der Waals surface area contributed by atoms with Crippen LogP contribution in [0.2, 0.25) is 0 Å². The van der Waals surface area contributed by atoms with Gasteiger partial charge in [0.25, 0.3) is 0 Å². The summed E-state index contributed by atoms with van der Waals surface area (Å²) < 4.78 is 0. The first-order chi connectivity index (χ1) is 10.8. The highest BCUT2D eigenvalue weighted by atomic mass is 16.3. The summed E-state index contributed by atoms with van der Waals surface area (Å²) in [7, 11) is 0. The summed E-state index contributed by atoms with van der Waals surface area (Å²) in [5.41, 5.74) is 1.63. The van der Waals surface area contributed by atoms with Crippen LogP contribution in [-0.4, -0.2) is 5.11 Å². The molecule has 0 aromatic heterocycles. The van der Waals surface area contributed by atoms with Crippen LogP contribution >= 0.6 is 0 Å². The van der Waals surface area contributed by atoms with Crippen LogP contribution < -0.4 is 0 Å². The summed E-state index contributed by atoms with van der Waals surface area (Å²) >= 11 is 0. The van der Waals surface area contributed by atoms with Gasteiger partial charge in [0.15, 0.2) is 0 Å². The van der Waals surface area contributed by atoms with Gasteiger partial charge in [0, 0.05) is 0 Å². The maximum Gasteiger partial charge on any atom is 0.134 e. The zero-order valence-corrected chi connectivity index (χ0v) is 12.3. The van der Waals surface area contributed by atoms with Gasteiger partial charge in [0.05, 0.1) is 0 Å². The lowest BCUT2D eigenvalue weighted by Crippen LogP contribution is -2.24. The lowest BCUT2D eigenvalue weighted by atomic mass is 9.85. The van der Waals surface area contributed by atoms with Gasteiger partial charge in [-0.25, -0.2) is 0 Å². The van der Waals surface area contributed by atoms with Gasteiger partial charge >= 0.3 is 0 Å². The molecule has 0 aliphatic heterocycles. The van der Waals surface area contributed by atoms with Crippen molar-refractivity contribution in [2.45, 2.75) is 5.60 Å². The normalized spacial score (nSPS) is 11.7. The van der Waals surface area contributed by atoms with Gasteiger partial charge in [-0.1, -0.05) is 97.1 Å². The van der Waals surface area contributed by atoms with Crippen molar-refractivity contribution in [1.82, 2.24) is 0 Å². The highest BCUT2D eigenvalue weighted by Gasteiger charge is 2.27. The molecule has 0 unspecified atom stereocenters. The van der Waals surface area contributed by atoms with E-state index in [-0.39, 0.29) is 0 Å². The number of rotatable bonds is 4. The Balaban J connectivity index is 2.06. The van der Waals surface area contributed by atoms with E-state index in [1.165, 1.54) is 0 Å². The Labute approximate surface area is 131 Å². The Morgan fingerprint density at radius 1 is 0.591 bits per heavy atom. The summed E-state index contributed by atoms with van der Waals surface area (Å²) in [6.07, 6.45) is 3.81. The molecule has 0 amide bonds. The van der Waals surface area contributed by atoms with Crippen molar-refractivity contribution in [3.63, 3.8) is 0 Å². The van der Waals surface area contributed by atoms with Gasteiger partial charge in [-0.2, -0.15) is 0 Å². The molecule has 1 N–H and O–H groups in total. The van der Waals surface area contributed by atoms with E-state index in [0.717, 1.165) is 16.7 Å². The summed E-state index contributed by atoms with van der Waals surface area (Å²) in [5.74, 6) is 0. The quantitative estimate of drug-likeness (QED) is 0.741. The van der Waals surface area contributed by atoms with Gasteiger partial charge in [0.2, 0.25) is 0 Å². The highest BCUT2D eigenvalue weighted by molar-refractivity contribution is 5.54. The Kier molecular flexibility index (Phi) is 4.17. The first-order valence-corrected chi connectivity index (χ1v) is 7.37. The SMILES string of the molecule is OC(C=Cc1ccccc1)(c1ccccc1)c1ccccc1. The number of hydrogen-bond acceptors (Lipinski definition) is 1. The summed E-state index contributed by atoms with van der Waals surface area (Å²) in [4.78, 5) is 0. The third-order valence-corrected chi connectivity index (χ3v) is 3.74. The van der Waals surface area contributed by atoms with Crippen molar-refractivity contribution in [2.24, 2.45) is 0 Å². The van der Waals surface area contributed by atoms with Gasteiger partial charge in [-0.3, -0.25) is 0 Å². The fraction of sp³-hybridized carbons (Fsp3) is 0.0476. The van der Waals surface area contributed by atoms with Crippen molar-refractivity contribution in [3.05, 3.63) is 114 Å². The minimum atomic E-state index is -1.14. The topological polar surface area (TPSA) is 20.2 Å². The molecule has 3 aromatic carbocycles. The zero-order chi connectivity index (χ0) is 15.3. The molecule has 0 bridgehead atoms. The summed E-state index contributed by atoms with van der Waals surface area (Å²) in [5, 5.41) is 11.3. The fourth-order valence-electron chi connectivity index (χ4n) is 2.52. The molecule has 3 rings (SSSR count). The second-order valence-electron chi connectivity index (χ2n) is 5.24. The van der Waals surface area contributed by atoms with E-state index in [1.54, 1.807) is 0 Å². The second-order valence-corrected chi connectivity index (χ2v) is 5.24. The van der Waals surface area contributed by atoms with Crippen LogP contribution in [0.25, 0.3) is 6.08 Å². The average Bonchev–Trinajstić information content (AvgIpc) is 2.62. The third-order valence-electron chi connectivity index (χ3n) is 3.74. The minimum absolute atomic E-state index is 0.855. The molecule has 1 nitrogen and oxygen atoms in total. The van der Waals surface area contributed by atoms with E-state index in [4.69, 9.17) is 0 Å². The molecule has 0 aliphatic carbocycles. The van der Waals surface area contributed by atoms with Crippen LogP contribution in [-0.2, 0) is 5.60 Å². The molecule has 1 heteroatoms. The molecular formula is C21H18O. The van der Waals surface area contributed by atoms with Crippen molar-refractivity contribution >= 4 is 6.08 Å². The summed E-state index contributed by atoms with van der Waals surface area (Å²) in [6.45, 7) is 0. The van der Waals surface area contributed by atoms with E-state index >= 15 is 0 Å². The maximum atomic E-state index is 11.3. The van der Waals surface area contributed by atoms with Crippen LogP contribution in [0.4, 0.5) is 0 Å². The molecule has 0 saturated heterocycles. The number of aliphatic hydroxyl groups is 1. The van der Waals surface area contributed by atoms with E-state index < -0.39 is 5.60 Å². The van der Waals surface area contributed by atoms with Crippen LogP contribution in [0.1, 0.15) is 16.7 Å². The lowest BCUT2D eigenvalue weighted by Gasteiger charge is -2.26. The molecule has 22 heavy (non-hydrogen) atoms. The van der Waals surface area contributed by atoms with Crippen molar-refractivity contribution in [1.29, 1.82) is 0 Å². The van der Waals surface area contributed by atoms with Crippen molar-refractivity contribution in [3.8, 4) is 0 Å². The zero-order valence-electron chi connectivity index (χ0n) is 12.3. The van der Waals surface area contributed by atoms with Crippen LogP contribution in [0.3, 0.4) is 0 Å². The Bertz CT molecular complexity index is 691. The Morgan fingerprint density at radius 3 is 1.45 bits per heavy atom. The molecule has 0 atom stereocenters. The molecule has 0 fully saturated rings. The van der Waals surface area contributed by atoms with Crippen molar-refractivity contribution < 1.29 is 5.11 Å². The largest absolute Gasteiger partial charge is 0.377 e. The van der Waals surface area contributed by atoms with Gasteiger partial charge < -0.3 is 5.11 Å². The average molecular weight is 286 g/mol. The van der Waals surface area contributed by atoms with Gasteiger partial charge in [-0.05, 0) is 22.8 Å². The molecule has 0 spiro atoms. The molecule has 0 radical (unpaired) electrons. The molecule has 108 valence electrons. The van der Waals surface area contributed by atoms with E-state index in [2.05, 4.69) is 0 Å². The second kappa shape index (κ2) is 6.42. The smallest absolute Gasteiger partial charge is 0.134 e. The predicted octanol–water partition coefficient (Wildman–Crippen LogP) is 4.64.